The van der Waals surface area contributed by atoms with Crippen molar-refractivity contribution in [3.8, 4) is 0 Å². The predicted molar refractivity (Wildman–Crippen MR) is 87.8 cm³/mol. The smallest absolute Gasteiger partial charge is 0.195 e. The number of aromatic nitrogens is 2. The molecule has 112 valence electrons. The first-order valence-electron chi connectivity index (χ1n) is 7.60. The number of nitrogens with one attached hydrogen (secondary N) is 1. The second-order valence-corrected chi connectivity index (χ2v) is 6.28. The standard InChI is InChI=1S/C15H26N4S/c1-5-7-8-18(6-2)14-13(11-16-12(3)4)19-9-10-20-15(19)17-14/h9-10,12,16H,5-8,11H2,1-4H3. The first-order valence-corrected chi connectivity index (χ1v) is 8.48. The lowest BCUT2D eigenvalue weighted by molar-refractivity contribution is 0.578. The van der Waals surface area contributed by atoms with E-state index in [1.165, 1.54) is 18.5 Å². The molecule has 2 aromatic heterocycles. The van der Waals surface area contributed by atoms with E-state index in [-0.39, 0.29) is 0 Å². The van der Waals surface area contributed by atoms with E-state index in [1.807, 2.05) is 0 Å². The molecule has 0 fully saturated rings. The van der Waals surface area contributed by atoms with Crippen LogP contribution in [-0.2, 0) is 6.54 Å². The quantitative estimate of drug-likeness (QED) is 0.808. The normalized spacial score (nSPS) is 11.7. The molecule has 2 heterocycles. The number of imidazole rings is 1. The third-order valence-corrected chi connectivity index (χ3v) is 4.24. The molecule has 0 aliphatic carbocycles. The summed E-state index contributed by atoms with van der Waals surface area (Å²) < 4.78 is 2.23. The maximum Gasteiger partial charge on any atom is 0.195 e. The Kier molecular flexibility index (Phi) is 5.43. The molecule has 0 saturated carbocycles. The topological polar surface area (TPSA) is 32.6 Å². The van der Waals surface area contributed by atoms with Crippen molar-refractivity contribution in [3.05, 3.63) is 17.3 Å². The highest BCUT2D eigenvalue weighted by Crippen LogP contribution is 2.25. The molecule has 0 spiro atoms. The van der Waals surface area contributed by atoms with Gasteiger partial charge in [0, 0.05) is 37.3 Å². The zero-order valence-electron chi connectivity index (χ0n) is 13.0. The summed E-state index contributed by atoms with van der Waals surface area (Å²) in [6.07, 6.45) is 4.57. The third kappa shape index (κ3) is 3.33. The molecule has 0 bridgehead atoms. The van der Waals surface area contributed by atoms with Gasteiger partial charge < -0.3 is 10.2 Å². The molecule has 20 heavy (non-hydrogen) atoms. The van der Waals surface area contributed by atoms with E-state index in [0.717, 1.165) is 30.4 Å². The minimum Gasteiger partial charge on any atom is -0.355 e. The highest BCUT2D eigenvalue weighted by atomic mass is 32.1. The summed E-state index contributed by atoms with van der Waals surface area (Å²) in [7, 11) is 0. The molecule has 0 aromatic carbocycles. The molecule has 2 rings (SSSR count). The van der Waals surface area contributed by atoms with Crippen molar-refractivity contribution in [2.45, 2.75) is 53.1 Å². The zero-order valence-corrected chi connectivity index (χ0v) is 13.8. The Hall–Kier alpha value is -1.07. The highest BCUT2D eigenvalue weighted by molar-refractivity contribution is 7.15. The van der Waals surface area contributed by atoms with E-state index in [1.54, 1.807) is 11.3 Å². The van der Waals surface area contributed by atoms with E-state index >= 15 is 0 Å². The average Bonchev–Trinajstić information content (AvgIpc) is 2.98. The Balaban J connectivity index is 2.29. The first-order chi connectivity index (χ1) is 9.67. The van der Waals surface area contributed by atoms with E-state index < -0.39 is 0 Å². The largest absolute Gasteiger partial charge is 0.355 e. The number of thiazole rings is 1. The second kappa shape index (κ2) is 7.09. The first kappa shape index (κ1) is 15.3. The van der Waals surface area contributed by atoms with Crippen LogP contribution in [0.25, 0.3) is 4.96 Å². The number of unbranched alkanes of at least 4 members (excludes halogenated alkanes) is 1. The number of fused-ring (bicyclic) bond motifs is 1. The van der Waals surface area contributed by atoms with Crippen molar-refractivity contribution >= 4 is 22.1 Å². The van der Waals surface area contributed by atoms with Gasteiger partial charge in [-0.2, -0.15) is 0 Å². The Bertz CT molecular complexity index is 529. The van der Waals surface area contributed by atoms with Gasteiger partial charge in [0.15, 0.2) is 10.8 Å². The maximum absolute atomic E-state index is 4.84. The van der Waals surface area contributed by atoms with E-state index in [9.17, 15) is 0 Å². The van der Waals surface area contributed by atoms with Gasteiger partial charge in [0.05, 0.1) is 5.69 Å². The second-order valence-electron chi connectivity index (χ2n) is 5.41. The summed E-state index contributed by atoms with van der Waals surface area (Å²) in [4.78, 5) is 8.34. The molecule has 2 aromatic rings. The number of hydrogen-bond donors (Lipinski definition) is 1. The van der Waals surface area contributed by atoms with Crippen molar-refractivity contribution in [2.75, 3.05) is 18.0 Å². The van der Waals surface area contributed by atoms with Crippen molar-refractivity contribution in [1.29, 1.82) is 0 Å². The minimum atomic E-state index is 0.484. The highest BCUT2D eigenvalue weighted by Gasteiger charge is 2.17. The molecule has 1 N–H and O–H groups in total. The summed E-state index contributed by atoms with van der Waals surface area (Å²) in [5, 5.41) is 5.63. The summed E-state index contributed by atoms with van der Waals surface area (Å²) in [5.74, 6) is 1.15. The molecular formula is C15H26N4S. The zero-order chi connectivity index (χ0) is 14.5. The molecule has 0 saturated heterocycles. The Labute approximate surface area is 125 Å². The number of hydrogen-bond acceptors (Lipinski definition) is 4. The molecule has 4 nitrogen and oxygen atoms in total. The molecule has 0 unspecified atom stereocenters. The van der Waals surface area contributed by atoms with Crippen LogP contribution in [0.5, 0.6) is 0 Å². The van der Waals surface area contributed by atoms with Crippen molar-refractivity contribution in [3.63, 3.8) is 0 Å². The fourth-order valence-electron chi connectivity index (χ4n) is 2.30. The fraction of sp³-hybridized carbons (Fsp3) is 0.667. The van der Waals surface area contributed by atoms with Crippen molar-refractivity contribution in [1.82, 2.24) is 14.7 Å². The van der Waals surface area contributed by atoms with Crippen LogP contribution in [0.1, 0.15) is 46.2 Å². The van der Waals surface area contributed by atoms with Crippen LogP contribution >= 0.6 is 11.3 Å². The van der Waals surface area contributed by atoms with Gasteiger partial charge in [-0.3, -0.25) is 4.40 Å². The fourth-order valence-corrected chi connectivity index (χ4v) is 3.03. The van der Waals surface area contributed by atoms with Crippen molar-refractivity contribution < 1.29 is 0 Å². The lowest BCUT2D eigenvalue weighted by Crippen LogP contribution is -2.28. The molecule has 5 heteroatoms. The molecule has 0 atom stereocenters. The Morgan fingerprint density at radius 2 is 2.20 bits per heavy atom. The molecule has 0 aliphatic heterocycles. The van der Waals surface area contributed by atoms with E-state index in [2.05, 4.69) is 53.9 Å². The van der Waals surface area contributed by atoms with E-state index in [4.69, 9.17) is 4.98 Å². The van der Waals surface area contributed by atoms with Gasteiger partial charge in [0.2, 0.25) is 0 Å². The van der Waals surface area contributed by atoms with E-state index in [0.29, 0.717) is 6.04 Å². The van der Waals surface area contributed by atoms with Crippen molar-refractivity contribution in [2.24, 2.45) is 0 Å². The summed E-state index contributed by atoms with van der Waals surface area (Å²) in [6, 6.07) is 0.484. The number of rotatable bonds is 8. The molecule has 0 radical (unpaired) electrons. The van der Waals surface area contributed by atoms with Crippen LogP contribution in [0, 0.1) is 0 Å². The molecule has 0 amide bonds. The lowest BCUT2D eigenvalue weighted by Gasteiger charge is -2.22. The maximum atomic E-state index is 4.84. The third-order valence-electron chi connectivity index (χ3n) is 3.48. The van der Waals surface area contributed by atoms with Gasteiger partial charge in [-0.25, -0.2) is 4.98 Å². The summed E-state index contributed by atoms with van der Waals surface area (Å²) in [5.41, 5.74) is 1.29. The van der Waals surface area contributed by atoms with Crippen LogP contribution in [0.4, 0.5) is 5.82 Å². The van der Waals surface area contributed by atoms with Gasteiger partial charge in [-0.15, -0.1) is 11.3 Å². The van der Waals surface area contributed by atoms with Gasteiger partial charge >= 0.3 is 0 Å². The van der Waals surface area contributed by atoms with Crippen LogP contribution in [0.2, 0.25) is 0 Å². The van der Waals surface area contributed by atoms with Gasteiger partial charge in [-0.1, -0.05) is 27.2 Å². The van der Waals surface area contributed by atoms with Crippen LogP contribution in [0.15, 0.2) is 11.6 Å². The SMILES string of the molecule is CCCCN(CC)c1nc2sccn2c1CNC(C)C. The van der Waals surface area contributed by atoms with Gasteiger partial charge in [0.1, 0.15) is 0 Å². The van der Waals surface area contributed by atoms with Crippen LogP contribution < -0.4 is 10.2 Å². The lowest BCUT2D eigenvalue weighted by atomic mass is 10.3. The minimum absolute atomic E-state index is 0.484. The Morgan fingerprint density at radius 1 is 1.40 bits per heavy atom. The van der Waals surface area contributed by atoms with Crippen LogP contribution in [-0.4, -0.2) is 28.5 Å². The Morgan fingerprint density at radius 3 is 2.85 bits per heavy atom. The predicted octanol–water partition coefficient (Wildman–Crippen LogP) is 3.52. The monoisotopic (exact) mass is 294 g/mol. The van der Waals surface area contributed by atoms with Crippen LogP contribution in [0.3, 0.4) is 0 Å². The molecule has 0 aliphatic rings. The average molecular weight is 294 g/mol. The summed E-state index contributed by atoms with van der Waals surface area (Å²) >= 11 is 1.71. The number of nitrogens with zero attached hydrogens (tertiary/aromatic N) is 3. The van der Waals surface area contributed by atoms with Gasteiger partial charge in [0.25, 0.3) is 0 Å². The summed E-state index contributed by atoms with van der Waals surface area (Å²) in [6.45, 7) is 11.8. The number of anilines is 1. The van der Waals surface area contributed by atoms with Gasteiger partial charge in [-0.05, 0) is 13.3 Å². The molecular weight excluding hydrogens is 268 g/mol.